The number of benzene rings is 2. The van der Waals surface area contributed by atoms with Crippen LogP contribution < -0.4 is 10.6 Å². The molecule has 150 valence electrons. The van der Waals surface area contributed by atoms with E-state index in [0.29, 0.717) is 5.57 Å². The third kappa shape index (κ3) is 4.32. The van der Waals surface area contributed by atoms with Gasteiger partial charge in [-0.05, 0) is 72.9 Å². The van der Waals surface area contributed by atoms with Crippen molar-refractivity contribution in [1.29, 1.82) is 0 Å². The number of H-pyrrole nitrogens is 1. The summed E-state index contributed by atoms with van der Waals surface area (Å²) in [6.07, 6.45) is 3.62. The molecule has 0 bridgehead atoms. The smallest absolute Gasteiger partial charge is 0.247 e. The average molecular weight is 391 g/mol. The predicted molar refractivity (Wildman–Crippen MR) is 116 cm³/mol. The zero-order chi connectivity index (χ0) is 21.1. The summed E-state index contributed by atoms with van der Waals surface area (Å²) in [5.74, 6) is -0.310. The van der Waals surface area contributed by atoms with Crippen LogP contribution in [0.5, 0.6) is 5.75 Å². The lowest BCUT2D eigenvalue weighted by molar-refractivity contribution is -0.123. The average Bonchev–Trinajstić information content (AvgIpc) is 3.17. The van der Waals surface area contributed by atoms with E-state index in [0.717, 1.165) is 38.7 Å². The van der Waals surface area contributed by atoms with Crippen LogP contribution in [0.2, 0.25) is 0 Å². The lowest BCUT2D eigenvalue weighted by atomic mass is 9.93. The fourth-order valence-corrected chi connectivity index (χ4v) is 3.30. The van der Waals surface area contributed by atoms with Crippen LogP contribution in [-0.4, -0.2) is 35.5 Å². The Balaban J connectivity index is 1.90. The van der Waals surface area contributed by atoms with Crippen LogP contribution in [0.15, 0.2) is 42.1 Å². The lowest BCUT2D eigenvalue weighted by Crippen LogP contribution is -2.35. The lowest BCUT2D eigenvalue weighted by Gasteiger charge is -2.12. The van der Waals surface area contributed by atoms with Crippen LogP contribution in [-0.2, 0) is 9.59 Å². The molecule has 4 N–H and O–H groups in total. The maximum Gasteiger partial charge on any atom is 0.247 e. The number of aromatic hydroxyl groups is 1. The number of carbonyl (C=O) groups is 2. The van der Waals surface area contributed by atoms with Gasteiger partial charge in [0.1, 0.15) is 5.75 Å². The first-order valence-corrected chi connectivity index (χ1v) is 9.39. The predicted octanol–water partition coefficient (Wildman–Crippen LogP) is 3.42. The van der Waals surface area contributed by atoms with E-state index < -0.39 is 0 Å². The first kappa shape index (κ1) is 20.2. The second kappa shape index (κ2) is 8.22. The Kier molecular flexibility index (Phi) is 5.73. The molecule has 0 atom stereocenters. The number of nitrogens with one attached hydrogen (secondary N) is 3. The molecule has 0 saturated heterocycles. The number of phenolic OH excluding ortho intramolecular Hbond substituents is 1. The molecule has 0 aliphatic heterocycles. The van der Waals surface area contributed by atoms with Gasteiger partial charge in [0.15, 0.2) is 0 Å². The number of aromatic amines is 1. The maximum absolute atomic E-state index is 12.2. The largest absolute Gasteiger partial charge is 0.506 e. The third-order valence-corrected chi connectivity index (χ3v) is 4.98. The minimum atomic E-state index is -0.280. The molecule has 0 radical (unpaired) electrons. The quantitative estimate of drug-likeness (QED) is 0.502. The van der Waals surface area contributed by atoms with Gasteiger partial charge in [-0.25, -0.2) is 0 Å². The summed E-state index contributed by atoms with van der Waals surface area (Å²) in [6, 6.07) is 9.81. The fraction of sp³-hybridized carbons (Fsp3) is 0.217. The number of carbonyl (C=O) groups excluding carboxylic acids is 2. The molecule has 2 amide bonds. The van der Waals surface area contributed by atoms with Crippen LogP contribution >= 0.6 is 0 Å². The number of fused-ring (bicyclic) bond motifs is 1. The minimum Gasteiger partial charge on any atom is -0.506 e. The molecular weight excluding hydrogens is 366 g/mol. The summed E-state index contributed by atoms with van der Waals surface area (Å²) in [7, 11) is 1.53. The monoisotopic (exact) mass is 391 g/mol. The van der Waals surface area contributed by atoms with Crippen molar-refractivity contribution in [3.05, 3.63) is 58.8 Å². The molecule has 6 nitrogen and oxygen atoms in total. The van der Waals surface area contributed by atoms with Crippen molar-refractivity contribution in [2.45, 2.75) is 20.8 Å². The van der Waals surface area contributed by atoms with Gasteiger partial charge >= 0.3 is 0 Å². The van der Waals surface area contributed by atoms with Gasteiger partial charge in [0.25, 0.3) is 0 Å². The van der Waals surface area contributed by atoms with E-state index in [1.807, 2.05) is 38.1 Å². The number of phenols is 1. The second-order valence-corrected chi connectivity index (χ2v) is 7.14. The Labute approximate surface area is 169 Å². The molecule has 0 spiro atoms. The van der Waals surface area contributed by atoms with Crippen LogP contribution in [0, 0.1) is 13.8 Å². The summed E-state index contributed by atoms with van der Waals surface area (Å²) in [4.78, 5) is 26.5. The van der Waals surface area contributed by atoms with E-state index in [4.69, 9.17) is 0 Å². The Morgan fingerprint density at radius 3 is 2.62 bits per heavy atom. The molecule has 3 rings (SSSR count). The van der Waals surface area contributed by atoms with Crippen molar-refractivity contribution >= 4 is 28.8 Å². The summed E-state index contributed by atoms with van der Waals surface area (Å²) in [5.41, 5.74) is 6.19. The Hall–Kier alpha value is -3.54. The van der Waals surface area contributed by atoms with Crippen LogP contribution in [0.4, 0.5) is 0 Å². The van der Waals surface area contributed by atoms with E-state index in [2.05, 4.69) is 21.7 Å². The van der Waals surface area contributed by atoms with Crippen LogP contribution in [0.25, 0.3) is 28.1 Å². The minimum absolute atomic E-state index is 0.0530. The van der Waals surface area contributed by atoms with Gasteiger partial charge in [0, 0.05) is 24.2 Å². The van der Waals surface area contributed by atoms with Crippen molar-refractivity contribution in [1.82, 2.24) is 15.6 Å². The molecule has 0 fully saturated rings. The van der Waals surface area contributed by atoms with E-state index in [9.17, 15) is 14.7 Å². The molecule has 3 aromatic rings. The summed E-state index contributed by atoms with van der Waals surface area (Å²) >= 11 is 0. The summed E-state index contributed by atoms with van der Waals surface area (Å²) < 4.78 is 0. The van der Waals surface area contributed by atoms with Gasteiger partial charge in [-0.2, -0.15) is 0 Å². The van der Waals surface area contributed by atoms with E-state index in [1.54, 1.807) is 19.2 Å². The number of hydrogen-bond acceptors (Lipinski definition) is 3. The standard InChI is InChI=1S/C23H25N3O3/c1-13-9-19(18-10-16-5-6-25-22(16)20(27)11-18)14(2)7-17(13)8-15(3)23(29)26-12-21(28)24-4/h5-11,25,27H,12H2,1-4H3,(H,24,28)(H,26,29). The van der Waals surface area contributed by atoms with Crippen molar-refractivity contribution in [3.8, 4) is 16.9 Å². The number of likely N-dealkylation sites (N-methyl/N-ethyl adjacent to an activating group) is 1. The van der Waals surface area contributed by atoms with E-state index in [1.165, 1.54) is 7.05 Å². The van der Waals surface area contributed by atoms with Crippen molar-refractivity contribution in [2.75, 3.05) is 13.6 Å². The van der Waals surface area contributed by atoms with Crippen LogP contribution in [0.3, 0.4) is 0 Å². The Morgan fingerprint density at radius 1 is 1.14 bits per heavy atom. The van der Waals surface area contributed by atoms with Gasteiger partial charge < -0.3 is 20.7 Å². The van der Waals surface area contributed by atoms with Crippen molar-refractivity contribution in [3.63, 3.8) is 0 Å². The summed E-state index contributed by atoms with van der Waals surface area (Å²) in [6.45, 7) is 5.66. The molecule has 1 aromatic heterocycles. The molecule has 0 unspecified atom stereocenters. The number of rotatable bonds is 5. The van der Waals surface area contributed by atoms with Crippen molar-refractivity contribution in [2.24, 2.45) is 0 Å². The second-order valence-electron chi connectivity index (χ2n) is 7.14. The first-order chi connectivity index (χ1) is 13.8. The SMILES string of the molecule is CNC(=O)CNC(=O)C(C)=Cc1cc(C)c(-c2cc(O)c3[nH]ccc3c2)cc1C. The zero-order valence-corrected chi connectivity index (χ0v) is 17.0. The molecule has 0 saturated carbocycles. The highest BCUT2D eigenvalue weighted by Crippen LogP contribution is 2.34. The van der Waals surface area contributed by atoms with Crippen LogP contribution in [0.1, 0.15) is 23.6 Å². The topological polar surface area (TPSA) is 94.2 Å². The molecular formula is C23H25N3O3. The van der Waals surface area contributed by atoms with Gasteiger partial charge in [0.2, 0.25) is 11.8 Å². The van der Waals surface area contributed by atoms with Gasteiger partial charge in [-0.1, -0.05) is 12.1 Å². The highest BCUT2D eigenvalue weighted by Gasteiger charge is 2.11. The van der Waals surface area contributed by atoms with Gasteiger partial charge in [-0.3, -0.25) is 9.59 Å². The third-order valence-electron chi connectivity index (χ3n) is 4.98. The normalized spacial score (nSPS) is 11.5. The molecule has 0 aliphatic rings. The number of amides is 2. The summed E-state index contributed by atoms with van der Waals surface area (Å²) in [5, 5.41) is 16.3. The zero-order valence-electron chi connectivity index (χ0n) is 17.0. The maximum atomic E-state index is 12.2. The highest BCUT2D eigenvalue weighted by atomic mass is 16.3. The molecule has 2 aromatic carbocycles. The first-order valence-electron chi connectivity index (χ1n) is 9.39. The van der Waals surface area contributed by atoms with Gasteiger partial charge in [-0.15, -0.1) is 0 Å². The van der Waals surface area contributed by atoms with Crippen molar-refractivity contribution < 1.29 is 14.7 Å². The number of aromatic nitrogens is 1. The van der Waals surface area contributed by atoms with Gasteiger partial charge in [0.05, 0.1) is 12.1 Å². The Bertz CT molecular complexity index is 1130. The molecule has 0 aliphatic carbocycles. The fourth-order valence-electron chi connectivity index (χ4n) is 3.30. The number of aryl methyl sites for hydroxylation is 2. The molecule has 29 heavy (non-hydrogen) atoms. The number of hydrogen-bond donors (Lipinski definition) is 4. The van der Waals surface area contributed by atoms with E-state index in [-0.39, 0.29) is 24.1 Å². The van der Waals surface area contributed by atoms with E-state index >= 15 is 0 Å². The Morgan fingerprint density at radius 2 is 1.90 bits per heavy atom. The highest BCUT2D eigenvalue weighted by molar-refractivity contribution is 5.99. The molecule has 1 heterocycles. The molecule has 6 heteroatoms.